The molecule has 0 aromatic heterocycles. The zero-order valence-corrected chi connectivity index (χ0v) is 14.9. The first-order valence-corrected chi connectivity index (χ1v) is 10.4. The number of hydrogen-bond donors (Lipinski definition) is 1. The van der Waals surface area contributed by atoms with E-state index in [1.54, 1.807) is 36.0 Å². The van der Waals surface area contributed by atoms with Crippen LogP contribution in [0.1, 0.15) is 16.8 Å². The van der Waals surface area contributed by atoms with Crippen LogP contribution in [0.4, 0.5) is 11.4 Å². The van der Waals surface area contributed by atoms with Crippen molar-refractivity contribution in [3.05, 3.63) is 54.1 Å². The zero-order chi connectivity index (χ0) is 17.2. The summed E-state index contributed by atoms with van der Waals surface area (Å²) in [5.41, 5.74) is 1.82. The molecular weight excluding hydrogens is 344 g/mol. The van der Waals surface area contributed by atoms with Crippen LogP contribution < -0.4 is 9.62 Å². The molecule has 0 spiro atoms. The van der Waals surface area contributed by atoms with E-state index in [1.165, 1.54) is 4.31 Å². The predicted molar refractivity (Wildman–Crippen MR) is 98.4 cm³/mol. The van der Waals surface area contributed by atoms with Crippen LogP contribution in [0.2, 0.25) is 0 Å². The third kappa shape index (κ3) is 3.57. The smallest absolute Gasteiger partial charge is 0.255 e. The summed E-state index contributed by atoms with van der Waals surface area (Å²) in [4.78, 5) is 13.4. The number of sulfonamides is 1. The predicted octanol–water partition coefficient (Wildman–Crippen LogP) is 3.20. The first kappa shape index (κ1) is 16.9. The Kier molecular flexibility index (Phi) is 4.82. The summed E-state index contributed by atoms with van der Waals surface area (Å²) in [6.07, 6.45) is 2.63. The van der Waals surface area contributed by atoms with Gasteiger partial charge in [-0.05, 0) is 61.2 Å². The Hall–Kier alpha value is -1.99. The largest absolute Gasteiger partial charge is 0.322 e. The fraction of sp³-hybridized carbons (Fsp3) is 0.235. The van der Waals surface area contributed by atoms with E-state index >= 15 is 0 Å². The first-order chi connectivity index (χ1) is 11.5. The topological polar surface area (TPSA) is 66.5 Å². The Morgan fingerprint density at radius 2 is 1.75 bits per heavy atom. The molecule has 0 unspecified atom stereocenters. The number of nitrogens with one attached hydrogen (secondary N) is 1. The lowest BCUT2D eigenvalue weighted by atomic mass is 10.2. The van der Waals surface area contributed by atoms with Crippen molar-refractivity contribution >= 4 is 39.1 Å². The van der Waals surface area contributed by atoms with Gasteiger partial charge in [0.1, 0.15) is 0 Å². The molecule has 0 bridgehead atoms. The summed E-state index contributed by atoms with van der Waals surface area (Å²) in [7, 11) is -3.20. The van der Waals surface area contributed by atoms with Gasteiger partial charge in [0.2, 0.25) is 10.0 Å². The van der Waals surface area contributed by atoms with Crippen LogP contribution >= 0.6 is 11.8 Å². The van der Waals surface area contributed by atoms with Gasteiger partial charge in [-0.25, -0.2) is 8.42 Å². The van der Waals surface area contributed by atoms with Crippen molar-refractivity contribution in [3.8, 4) is 0 Å². The van der Waals surface area contributed by atoms with Gasteiger partial charge in [-0.2, -0.15) is 0 Å². The molecule has 1 amide bonds. The number of carbonyl (C=O) groups excluding carboxylic acids is 1. The van der Waals surface area contributed by atoms with E-state index in [9.17, 15) is 13.2 Å². The number of benzene rings is 2. The minimum absolute atomic E-state index is 0.182. The molecule has 7 heteroatoms. The number of carbonyl (C=O) groups is 1. The van der Waals surface area contributed by atoms with Crippen LogP contribution in [0, 0.1) is 0 Å². The molecule has 3 rings (SSSR count). The molecule has 1 N–H and O–H groups in total. The van der Waals surface area contributed by atoms with Crippen molar-refractivity contribution in [2.24, 2.45) is 0 Å². The lowest BCUT2D eigenvalue weighted by Crippen LogP contribution is -2.25. The van der Waals surface area contributed by atoms with E-state index in [1.807, 2.05) is 30.5 Å². The maximum Gasteiger partial charge on any atom is 0.255 e. The van der Waals surface area contributed by atoms with Crippen LogP contribution in [0.5, 0.6) is 0 Å². The molecule has 0 saturated carbocycles. The zero-order valence-electron chi connectivity index (χ0n) is 13.2. The van der Waals surface area contributed by atoms with Crippen molar-refractivity contribution in [1.82, 2.24) is 0 Å². The Morgan fingerprint density at radius 1 is 1.08 bits per heavy atom. The van der Waals surface area contributed by atoms with Gasteiger partial charge in [0, 0.05) is 22.7 Å². The van der Waals surface area contributed by atoms with Gasteiger partial charge in [0.25, 0.3) is 5.91 Å². The van der Waals surface area contributed by atoms with E-state index < -0.39 is 10.0 Å². The summed E-state index contributed by atoms with van der Waals surface area (Å²) in [6.45, 7) is 0.496. The standard InChI is InChI=1S/C17H18N2O3S2/c1-23-16-9-5-14(6-10-16)18-17(20)13-3-7-15(8-4-13)19-11-2-12-24(19,21)22/h3-10H,2,11-12H2,1H3,(H,18,20). The number of thioether (sulfide) groups is 1. The average Bonchev–Trinajstić information content (AvgIpc) is 2.95. The molecule has 126 valence electrons. The highest BCUT2D eigenvalue weighted by Crippen LogP contribution is 2.24. The van der Waals surface area contributed by atoms with E-state index in [0.29, 0.717) is 24.2 Å². The molecule has 1 saturated heterocycles. The molecule has 24 heavy (non-hydrogen) atoms. The maximum atomic E-state index is 12.3. The molecular formula is C17H18N2O3S2. The van der Waals surface area contributed by atoms with Crippen LogP contribution in [-0.2, 0) is 10.0 Å². The van der Waals surface area contributed by atoms with Gasteiger partial charge in [-0.15, -0.1) is 11.8 Å². The van der Waals surface area contributed by atoms with Crippen molar-refractivity contribution in [2.75, 3.05) is 28.2 Å². The lowest BCUT2D eigenvalue weighted by molar-refractivity contribution is 0.102. The van der Waals surface area contributed by atoms with Gasteiger partial charge in [0.15, 0.2) is 0 Å². The SMILES string of the molecule is CSc1ccc(NC(=O)c2ccc(N3CCCS3(=O)=O)cc2)cc1. The van der Waals surface area contributed by atoms with E-state index in [2.05, 4.69) is 5.32 Å². The minimum atomic E-state index is -3.20. The average molecular weight is 362 g/mol. The maximum absolute atomic E-state index is 12.3. The molecule has 0 radical (unpaired) electrons. The highest BCUT2D eigenvalue weighted by Gasteiger charge is 2.28. The number of rotatable bonds is 4. The van der Waals surface area contributed by atoms with Gasteiger partial charge in [-0.3, -0.25) is 9.10 Å². The fourth-order valence-corrected chi connectivity index (χ4v) is 4.56. The van der Waals surface area contributed by atoms with Crippen molar-refractivity contribution in [2.45, 2.75) is 11.3 Å². The summed E-state index contributed by atoms with van der Waals surface area (Å²) >= 11 is 1.64. The number of nitrogens with zero attached hydrogens (tertiary/aromatic N) is 1. The second-order valence-electron chi connectivity index (χ2n) is 5.47. The second-order valence-corrected chi connectivity index (χ2v) is 8.36. The van der Waals surface area contributed by atoms with Gasteiger partial charge >= 0.3 is 0 Å². The minimum Gasteiger partial charge on any atom is -0.322 e. The first-order valence-electron chi connectivity index (χ1n) is 7.55. The van der Waals surface area contributed by atoms with E-state index in [4.69, 9.17) is 0 Å². The molecule has 0 atom stereocenters. The highest BCUT2D eigenvalue weighted by atomic mass is 32.2. The summed E-state index contributed by atoms with van der Waals surface area (Å²) < 4.78 is 25.2. The molecule has 0 aliphatic carbocycles. The van der Waals surface area contributed by atoms with Crippen molar-refractivity contribution < 1.29 is 13.2 Å². The number of hydrogen-bond acceptors (Lipinski definition) is 4. The normalized spacial score (nSPS) is 16.1. The Labute approximate surface area is 146 Å². The quantitative estimate of drug-likeness (QED) is 0.848. The summed E-state index contributed by atoms with van der Waals surface area (Å²) in [5, 5.41) is 2.83. The van der Waals surface area contributed by atoms with Crippen LogP contribution in [-0.4, -0.2) is 32.9 Å². The van der Waals surface area contributed by atoms with E-state index in [-0.39, 0.29) is 11.7 Å². The molecule has 1 heterocycles. The highest BCUT2D eigenvalue weighted by molar-refractivity contribution is 7.98. The molecule has 5 nitrogen and oxygen atoms in total. The Balaban J connectivity index is 1.71. The molecule has 1 fully saturated rings. The van der Waals surface area contributed by atoms with Gasteiger partial charge in [0.05, 0.1) is 11.4 Å². The third-order valence-corrected chi connectivity index (χ3v) is 6.48. The summed E-state index contributed by atoms with van der Waals surface area (Å²) in [6, 6.07) is 14.2. The summed E-state index contributed by atoms with van der Waals surface area (Å²) in [5.74, 6) is -0.0379. The second kappa shape index (κ2) is 6.86. The molecule has 1 aliphatic heterocycles. The molecule has 2 aromatic carbocycles. The third-order valence-electron chi connectivity index (χ3n) is 3.86. The van der Waals surface area contributed by atoms with Crippen LogP contribution in [0.15, 0.2) is 53.4 Å². The Morgan fingerprint density at radius 3 is 2.29 bits per heavy atom. The van der Waals surface area contributed by atoms with Crippen LogP contribution in [0.25, 0.3) is 0 Å². The lowest BCUT2D eigenvalue weighted by Gasteiger charge is -2.17. The van der Waals surface area contributed by atoms with Gasteiger partial charge in [-0.1, -0.05) is 0 Å². The number of amides is 1. The Bertz CT molecular complexity index is 831. The monoisotopic (exact) mass is 362 g/mol. The molecule has 1 aliphatic rings. The fourth-order valence-electron chi connectivity index (χ4n) is 2.59. The van der Waals surface area contributed by atoms with E-state index in [0.717, 1.165) is 10.6 Å². The van der Waals surface area contributed by atoms with Crippen molar-refractivity contribution in [1.29, 1.82) is 0 Å². The van der Waals surface area contributed by atoms with Crippen LogP contribution in [0.3, 0.4) is 0 Å². The number of anilines is 2. The molecule has 2 aromatic rings. The van der Waals surface area contributed by atoms with Gasteiger partial charge < -0.3 is 5.32 Å². The van der Waals surface area contributed by atoms with Crippen molar-refractivity contribution in [3.63, 3.8) is 0 Å².